The molecule has 0 heterocycles. The van der Waals surface area contributed by atoms with Crippen LogP contribution in [0.5, 0.6) is 0 Å². The Morgan fingerprint density at radius 2 is 2.09 bits per heavy atom. The smallest absolute Gasteiger partial charge is 0.306 e. The van der Waals surface area contributed by atoms with Crippen LogP contribution in [-0.4, -0.2) is 22.3 Å². The molecule has 11 heavy (non-hydrogen) atoms. The summed E-state index contributed by atoms with van der Waals surface area (Å²) < 4.78 is 0. The number of hydrogen-bond acceptors (Lipinski definition) is 2. The van der Waals surface area contributed by atoms with Gasteiger partial charge in [0.05, 0.1) is 12.0 Å². The van der Waals surface area contributed by atoms with Crippen LogP contribution in [0.25, 0.3) is 0 Å². The molecule has 0 aromatic carbocycles. The number of rotatable bonds is 1. The van der Waals surface area contributed by atoms with Gasteiger partial charge in [-0.1, -0.05) is 6.92 Å². The third kappa shape index (κ3) is 1.93. The molecule has 0 aromatic heterocycles. The molecule has 0 aliphatic heterocycles. The molecule has 1 rings (SSSR count). The second-order valence-electron chi connectivity index (χ2n) is 3.39. The van der Waals surface area contributed by atoms with Crippen molar-refractivity contribution in [3.05, 3.63) is 0 Å². The third-order valence-corrected chi connectivity index (χ3v) is 2.49. The molecule has 1 saturated carbocycles. The zero-order chi connectivity index (χ0) is 8.43. The molecule has 3 atom stereocenters. The first-order chi connectivity index (χ1) is 5.11. The van der Waals surface area contributed by atoms with E-state index in [1.165, 1.54) is 0 Å². The molecule has 3 heteroatoms. The topological polar surface area (TPSA) is 57.5 Å². The minimum absolute atomic E-state index is 0.218. The molecule has 64 valence electrons. The standard InChI is InChI=1S/C8H14O3/c1-5-2-3-6(9)4-7(5)8(10)11/h5-7,9H,2-4H2,1H3,(H,10,11)/t5-,6?,7+/m0/s1. The Labute approximate surface area is 66.0 Å². The Kier molecular flexibility index (Phi) is 2.49. The van der Waals surface area contributed by atoms with E-state index in [1.54, 1.807) is 0 Å². The molecule has 0 aromatic rings. The number of aliphatic hydroxyl groups is 1. The van der Waals surface area contributed by atoms with Crippen LogP contribution in [0, 0.1) is 11.8 Å². The number of carboxylic acid groups (broad SMARTS) is 1. The molecule has 2 N–H and O–H groups in total. The predicted octanol–water partition coefficient (Wildman–Crippen LogP) is 0.868. The molecule has 0 radical (unpaired) electrons. The Bertz CT molecular complexity index is 155. The second-order valence-corrected chi connectivity index (χ2v) is 3.39. The number of aliphatic hydroxyl groups excluding tert-OH is 1. The monoisotopic (exact) mass is 158 g/mol. The lowest BCUT2D eigenvalue weighted by molar-refractivity contribution is -0.146. The summed E-state index contributed by atoms with van der Waals surface area (Å²) >= 11 is 0. The first-order valence-corrected chi connectivity index (χ1v) is 4.02. The molecular weight excluding hydrogens is 144 g/mol. The van der Waals surface area contributed by atoms with Crippen LogP contribution in [0.3, 0.4) is 0 Å². The van der Waals surface area contributed by atoms with Gasteiger partial charge < -0.3 is 10.2 Å². The summed E-state index contributed by atoms with van der Waals surface area (Å²) in [5.74, 6) is -0.883. The molecule has 1 fully saturated rings. The van der Waals surface area contributed by atoms with Crippen molar-refractivity contribution in [1.82, 2.24) is 0 Å². The van der Waals surface area contributed by atoms with Gasteiger partial charge in [0.1, 0.15) is 0 Å². The van der Waals surface area contributed by atoms with E-state index in [0.29, 0.717) is 6.42 Å². The quantitative estimate of drug-likeness (QED) is 0.595. The maximum Gasteiger partial charge on any atom is 0.306 e. The Hall–Kier alpha value is -0.570. The first kappa shape index (κ1) is 8.53. The zero-order valence-electron chi connectivity index (χ0n) is 6.66. The average molecular weight is 158 g/mol. The average Bonchev–Trinajstić information content (AvgIpc) is 1.94. The van der Waals surface area contributed by atoms with Crippen LogP contribution in [0.15, 0.2) is 0 Å². The normalized spacial score (nSPS) is 38.5. The van der Waals surface area contributed by atoms with Crippen LogP contribution in [0.1, 0.15) is 26.2 Å². The summed E-state index contributed by atoms with van der Waals surface area (Å²) in [6.07, 6.45) is 1.62. The maximum atomic E-state index is 10.6. The van der Waals surface area contributed by atoms with Crippen molar-refractivity contribution in [2.75, 3.05) is 0 Å². The molecular formula is C8H14O3. The molecule has 0 amide bonds. The van der Waals surface area contributed by atoms with Crippen LogP contribution in [-0.2, 0) is 4.79 Å². The molecule has 0 saturated heterocycles. The van der Waals surface area contributed by atoms with Gasteiger partial charge in [-0.3, -0.25) is 4.79 Å². The van der Waals surface area contributed by atoms with E-state index >= 15 is 0 Å². The summed E-state index contributed by atoms with van der Waals surface area (Å²) in [5, 5.41) is 17.9. The van der Waals surface area contributed by atoms with Gasteiger partial charge in [0, 0.05) is 0 Å². The Morgan fingerprint density at radius 1 is 1.45 bits per heavy atom. The minimum Gasteiger partial charge on any atom is -0.481 e. The maximum absolute atomic E-state index is 10.6. The summed E-state index contributed by atoms with van der Waals surface area (Å²) in [6.45, 7) is 1.94. The van der Waals surface area contributed by atoms with Crippen molar-refractivity contribution in [3.63, 3.8) is 0 Å². The second kappa shape index (κ2) is 3.22. The van der Waals surface area contributed by atoms with E-state index in [-0.39, 0.29) is 11.8 Å². The lowest BCUT2D eigenvalue weighted by Gasteiger charge is -2.28. The molecule has 1 aliphatic carbocycles. The van der Waals surface area contributed by atoms with Gasteiger partial charge in [0.25, 0.3) is 0 Å². The lowest BCUT2D eigenvalue weighted by atomic mass is 9.79. The number of carboxylic acids is 1. The van der Waals surface area contributed by atoms with Crippen LogP contribution >= 0.6 is 0 Å². The van der Waals surface area contributed by atoms with Gasteiger partial charge in [-0.15, -0.1) is 0 Å². The molecule has 1 unspecified atom stereocenters. The van der Waals surface area contributed by atoms with Crippen molar-refractivity contribution in [2.45, 2.75) is 32.3 Å². The predicted molar refractivity (Wildman–Crippen MR) is 40.1 cm³/mol. The number of hydrogen-bond donors (Lipinski definition) is 2. The Morgan fingerprint density at radius 3 is 2.55 bits per heavy atom. The van der Waals surface area contributed by atoms with Gasteiger partial charge in [0.2, 0.25) is 0 Å². The van der Waals surface area contributed by atoms with E-state index < -0.39 is 12.1 Å². The summed E-state index contributed by atoms with van der Waals surface area (Å²) in [4.78, 5) is 10.6. The van der Waals surface area contributed by atoms with Crippen molar-refractivity contribution < 1.29 is 15.0 Å². The van der Waals surface area contributed by atoms with E-state index in [1.807, 2.05) is 6.92 Å². The summed E-state index contributed by atoms with van der Waals surface area (Å²) in [7, 11) is 0. The van der Waals surface area contributed by atoms with Crippen LogP contribution in [0.4, 0.5) is 0 Å². The van der Waals surface area contributed by atoms with Crippen molar-refractivity contribution >= 4 is 5.97 Å². The highest BCUT2D eigenvalue weighted by Gasteiger charge is 2.31. The van der Waals surface area contributed by atoms with Gasteiger partial charge in [-0.05, 0) is 25.2 Å². The van der Waals surface area contributed by atoms with E-state index in [0.717, 1.165) is 12.8 Å². The van der Waals surface area contributed by atoms with E-state index in [2.05, 4.69) is 0 Å². The minimum atomic E-state index is -0.767. The third-order valence-electron chi connectivity index (χ3n) is 2.49. The number of carbonyl (C=O) groups is 1. The largest absolute Gasteiger partial charge is 0.481 e. The highest BCUT2D eigenvalue weighted by molar-refractivity contribution is 5.70. The number of aliphatic carboxylic acids is 1. The van der Waals surface area contributed by atoms with Gasteiger partial charge in [-0.25, -0.2) is 0 Å². The van der Waals surface area contributed by atoms with Gasteiger partial charge >= 0.3 is 5.97 Å². The summed E-state index contributed by atoms with van der Waals surface area (Å²) in [5.41, 5.74) is 0. The lowest BCUT2D eigenvalue weighted by Crippen LogP contribution is -2.31. The van der Waals surface area contributed by atoms with E-state index in [4.69, 9.17) is 5.11 Å². The van der Waals surface area contributed by atoms with Crippen LogP contribution < -0.4 is 0 Å². The molecule has 3 nitrogen and oxygen atoms in total. The SMILES string of the molecule is C[C@H]1CCC(O)C[C@H]1C(=O)O. The van der Waals surface area contributed by atoms with E-state index in [9.17, 15) is 9.90 Å². The summed E-state index contributed by atoms with van der Waals surface area (Å²) in [6, 6.07) is 0. The van der Waals surface area contributed by atoms with Crippen molar-refractivity contribution in [1.29, 1.82) is 0 Å². The highest BCUT2D eigenvalue weighted by Crippen LogP contribution is 2.29. The Balaban J connectivity index is 2.54. The zero-order valence-corrected chi connectivity index (χ0v) is 6.66. The fourth-order valence-corrected chi connectivity index (χ4v) is 1.64. The van der Waals surface area contributed by atoms with Gasteiger partial charge in [0.15, 0.2) is 0 Å². The van der Waals surface area contributed by atoms with Crippen LogP contribution in [0.2, 0.25) is 0 Å². The molecule has 1 aliphatic rings. The molecule has 0 bridgehead atoms. The molecule has 0 spiro atoms. The van der Waals surface area contributed by atoms with Crippen molar-refractivity contribution in [2.24, 2.45) is 11.8 Å². The van der Waals surface area contributed by atoms with Crippen molar-refractivity contribution in [3.8, 4) is 0 Å². The highest BCUT2D eigenvalue weighted by atomic mass is 16.4. The fourth-order valence-electron chi connectivity index (χ4n) is 1.64. The van der Waals surface area contributed by atoms with Gasteiger partial charge in [-0.2, -0.15) is 0 Å². The fraction of sp³-hybridized carbons (Fsp3) is 0.875. The first-order valence-electron chi connectivity index (χ1n) is 4.02.